The fourth-order valence-electron chi connectivity index (χ4n) is 4.37. The fourth-order valence-corrected chi connectivity index (χ4v) is 4.37. The number of fused-ring (bicyclic) bond motifs is 1. The Labute approximate surface area is 179 Å². The first-order chi connectivity index (χ1) is 14.6. The van der Waals surface area contributed by atoms with Gasteiger partial charge in [0.1, 0.15) is 0 Å². The van der Waals surface area contributed by atoms with Crippen LogP contribution >= 0.6 is 0 Å². The van der Waals surface area contributed by atoms with Gasteiger partial charge in [-0.2, -0.15) is 0 Å². The number of amides is 2. The average Bonchev–Trinajstić information content (AvgIpc) is 2.79. The predicted molar refractivity (Wildman–Crippen MR) is 121 cm³/mol. The molecule has 0 saturated heterocycles. The molecule has 1 aliphatic carbocycles. The van der Waals surface area contributed by atoms with Gasteiger partial charge in [-0.05, 0) is 87.8 Å². The van der Waals surface area contributed by atoms with E-state index >= 15 is 0 Å². The van der Waals surface area contributed by atoms with Crippen molar-refractivity contribution in [3.8, 4) is 0 Å². The Morgan fingerprint density at radius 1 is 0.967 bits per heavy atom. The highest BCUT2D eigenvalue weighted by Crippen LogP contribution is 2.29. The number of aryl methyl sites for hydroxylation is 2. The molecule has 0 spiro atoms. The van der Waals surface area contributed by atoms with Gasteiger partial charge in [-0.15, -0.1) is 0 Å². The zero-order chi connectivity index (χ0) is 20.9. The number of allylic oxidation sites excluding steroid dienone is 1. The molecular formula is C26H30N2O2. The number of anilines is 1. The van der Waals surface area contributed by atoms with Crippen molar-refractivity contribution in [2.24, 2.45) is 0 Å². The first-order valence-corrected chi connectivity index (χ1v) is 11.1. The van der Waals surface area contributed by atoms with E-state index in [1.165, 1.54) is 31.3 Å². The van der Waals surface area contributed by atoms with E-state index in [-0.39, 0.29) is 11.8 Å². The molecule has 2 aromatic rings. The minimum atomic E-state index is -0.0313. The molecule has 0 atom stereocenters. The SMILES string of the molecule is Cc1ccc(C(=O)N2CCCc3cc(C(=O)NCCC4=CCCCC4)ccc32)cc1. The molecular weight excluding hydrogens is 372 g/mol. The molecule has 0 saturated carbocycles. The van der Waals surface area contributed by atoms with Crippen molar-refractivity contribution < 1.29 is 9.59 Å². The first-order valence-electron chi connectivity index (χ1n) is 11.1. The van der Waals surface area contributed by atoms with E-state index in [4.69, 9.17) is 0 Å². The van der Waals surface area contributed by atoms with Crippen molar-refractivity contribution >= 4 is 17.5 Å². The third-order valence-electron chi connectivity index (χ3n) is 6.12. The number of nitrogens with zero attached hydrogens (tertiary/aromatic N) is 1. The Kier molecular flexibility index (Phi) is 6.32. The van der Waals surface area contributed by atoms with Gasteiger partial charge in [-0.25, -0.2) is 0 Å². The third-order valence-corrected chi connectivity index (χ3v) is 6.12. The highest BCUT2D eigenvalue weighted by atomic mass is 16.2. The minimum Gasteiger partial charge on any atom is -0.352 e. The summed E-state index contributed by atoms with van der Waals surface area (Å²) in [7, 11) is 0. The van der Waals surface area contributed by atoms with Crippen LogP contribution in [0.3, 0.4) is 0 Å². The smallest absolute Gasteiger partial charge is 0.258 e. The quantitative estimate of drug-likeness (QED) is 0.698. The molecule has 0 aromatic heterocycles. The van der Waals surface area contributed by atoms with Crippen molar-refractivity contribution in [3.63, 3.8) is 0 Å². The summed E-state index contributed by atoms with van der Waals surface area (Å²) in [6.07, 6.45) is 9.96. The highest BCUT2D eigenvalue weighted by Gasteiger charge is 2.24. The summed E-state index contributed by atoms with van der Waals surface area (Å²) < 4.78 is 0. The van der Waals surface area contributed by atoms with Crippen molar-refractivity contribution in [1.82, 2.24) is 5.32 Å². The maximum Gasteiger partial charge on any atom is 0.258 e. The van der Waals surface area contributed by atoms with Crippen LogP contribution in [0, 0.1) is 6.92 Å². The summed E-state index contributed by atoms with van der Waals surface area (Å²) in [5.41, 5.74) is 5.99. The number of nitrogens with one attached hydrogen (secondary N) is 1. The van der Waals surface area contributed by atoms with Crippen LogP contribution < -0.4 is 10.2 Å². The average molecular weight is 403 g/mol. The van der Waals surface area contributed by atoms with E-state index in [0.29, 0.717) is 24.2 Å². The number of carbonyl (C=O) groups excluding carboxylic acids is 2. The summed E-state index contributed by atoms with van der Waals surface area (Å²) in [4.78, 5) is 27.5. The lowest BCUT2D eigenvalue weighted by atomic mass is 9.97. The van der Waals surface area contributed by atoms with Crippen LogP contribution in [0.2, 0.25) is 0 Å². The third kappa shape index (κ3) is 4.64. The molecule has 0 unspecified atom stereocenters. The molecule has 2 aromatic carbocycles. The van der Waals surface area contributed by atoms with Gasteiger partial charge >= 0.3 is 0 Å². The highest BCUT2D eigenvalue weighted by molar-refractivity contribution is 6.07. The molecule has 156 valence electrons. The summed E-state index contributed by atoms with van der Waals surface area (Å²) in [5, 5.41) is 3.06. The van der Waals surface area contributed by atoms with E-state index in [1.54, 1.807) is 0 Å². The lowest BCUT2D eigenvalue weighted by Crippen LogP contribution is -2.35. The molecule has 2 aliphatic rings. The normalized spacial score (nSPS) is 15.9. The van der Waals surface area contributed by atoms with E-state index < -0.39 is 0 Å². The molecule has 4 nitrogen and oxygen atoms in total. The number of rotatable bonds is 5. The second kappa shape index (κ2) is 9.29. The van der Waals surface area contributed by atoms with Crippen LogP contribution in [0.1, 0.15) is 70.4 Å². The number of carbonyl (C=O) groups is 2. The van der Waals surface area contributed by atoms with Crippen molar-refractivity contribution in [2.75, 3.05) is 18.0 Å². The van der Waals surface area contributed by atoms with Crippen molar-refractivity contribution in [3.05, 3.63) is 76.4 Å². The van der Waals surface area contributed by atoms with Crippen molar-refractivity contribution in [1.29, 1.82) is 0 Å². The van der Waals surface area contributed by atoms with Gasteiger partial charge in [0.15, 0.2) is 0 Å². The molecule has 1 heterocycles. The van der Waals surface area contributed by atoms with Gasteiger partial charge in [0.2, 0.25) is 0 Å². The zero-order valence-corrected chi connectivity index (χ0v) is 17.7. The Bertz CT molecular complexity index is 959. The molecule has 0 fully saturated rings. The largest absolute Gasteiger partial charge is 0.352 e. The second-order valence-corrected chi connectivity index (χ2v) is 8.38. The topological polar surface area (TPSA) is 49.4 Å². The van der Waals surface area contributed by atoms with Crippen molar-refractivity contribution in [2.45, 2.75) is 51.9 Å². The monoisotopic (exact) mass is 402 g/mol. The molecule has 1 N–H and O–H groups in total. The van der Waals surface area contributed by atoms with Crippen LogP contribution in [0.25, 0.3) is 0 Å². The second-order valence-electron chi connectivity index (χ2n) is 8.38. The Morgan fingerprint density at radius 3 is 2.53 bits per heavy atom. The Hall–Kier alpha value is -2.88. The summed E-state index contributed by atoms with van der Waals surface area (Å²) in [6.45, 7) is 3.41. The number of hydrogen-bond donors (Lipinski definition) is 1. The molecule has 30 heavy (non-hydrogen) atoms. The van der Waals surface area contributed by atoms with E-state index in [0.717, 1.165) is 36.1 Å². The molecule has 0 bridgehead atoms. The van der Waals surface area contributed by atoms with Gasteiger partial charge in [0.05, 0.1) is 0 Å². The number of hydrogen-bond acceptors (Lipinski definition) is 2. The van der Waals surface area contributed by atoms with E-state index in [2.05, 4.69) is 11.4 Å². The van der Waals surface area contributed by atoms with E-state index in [9.17, 15) is 9.59 Å². The van der Waals surface area contributed by atoms with Gasteiger partial charge in [0, 0.05) is 29.9 Å². The maximum absolute atomic E-state index is 13.0. The minimum absolute atomic E-state index is 0.0221. The van der Waals surface area contributed by atoms with Gasteiger partial charge in [-0.1, -0.05) is 29.3 Å². The molecule has 2 amide bonds. The molecule has 4 heteroatoms. The summed E-state index contributed by atoms with van der Waals surface area (Å²) in [5.74, 6) is -0.00916. The van der Waals surface area contributed by atoms with Crippen LogP contribution in [-0.2, 0) is 6.42 Å². The van der Waals surface area contributed by atoms with Crippen LogP contribution in [0.4, 0.5) is 5.69 Å². The van der Waals surface area contributed by atoms with Gasteiger partial charge in [-0.3, -0.25) is 9.59 Å². The van der Waals surface area contributed by atoms with E-state index in [1.807, 2.05) is 54.3 Å². The lowest BCUT2D eigenvalue weighted by Gasteiger charge is -2.30. The van der Waals surface area contributed by atoms with Gasteiger partial charge in [0.25, 0.3) is 11.8 Å². The molecule has 4 rings (SSSR count). The standard InChI is InChI=1S/C26H30N2O2/c1-19-9-11-21(12-10-19)26(30)28-17-5-8-22-18-23(13-14-24(22)28)25(29)27-16-15-20-6-3-2-4-7-20/h6,9-14,18H,2-5,7-8,15-17H2,1H3,(H,27,29). The summed E-state index contributed by atoms with van der Waals surface area (Å²) >= 11 is 0. The maximum atomic E-state index is 13.0. The van der Waals surface area contributed by atoms with Crippen LogP contribution in [0.15, 0.2) is 54.1 Å². The molecule has 1 aliphatic heterocycles. The fraction of sp³-hybridized carbons (Fsp3) is 0.385. The Balaban J connectivity index is 1.43. The van der Waals surface area contributed by atoms with Gasteiger partial charge < -0.3 is 10.2 Å². The Morgan fingerprint density at radius 2 is 1.77 bits per heavy atom. The van der Waals surface area contributed by atoms with Crippen LogP contribution in [-0.4, -0.2) is 24.9 Å². The first kappa shape index (κ1) is 20.4. The summed E-state index contributed by atoms with van der Waals surface area (Å²) in [6, 6.07) is 13.4. The zero-order valence-electron chi connectivity index (χ0n) is 17.7. The molecule has 0 radical (unpaired) electrons. The predicted octanol–water partition coefficient (Wildman–Crippen LogP) is 5.21. The lowest BCUT2D eigenvalue weighted by molar-refractivity contribution is 0.0953. The number of benzene rings is 2. The van der Waals surface area contributed by atoms with Crippen LogP contribution in [0.5, 0.6) is 0 Å².